The van der Waals surface area contributed by atoms with Gasteiger partial charge in [-0.25, -0.2) is 9.69 Å². The molecular weight excluding hydrogens is 408 g/mol. The third kappa shape index (κ3) is 3.88. The summed E-state index contributed by atoms with van der Waals surface area (Å²) in [5, 5.41) is 2.72. The predicted octanol–water partition coefficient (Wildman–Crippen LogP) is 3.90. The maximum atomic E-state index is 12.7. The van der Waals surface area contributed by atoms with Gasteiger partial charge in [-0.1, -0.05) is 30.3 Å². The number of rotatable bonds is 5. The average molecular weight is 428 g/mol. The van der Waals surface area contributed by atoms with Crippen LogP contribution in [0.1, 0.15) is 42.2 Å². The monoisotopic (exact) mass is 428 g/mol. The van der Waals surface area contributed by atoms with E-state index in [-0.39, 0.29) is 11.3 Å². The maximum absolute atomic E-state index is 12.7. The Morgan fingerprint density at radius 1 is 0.875 bits per heavy atom. The van der Waals surface area contributed by atoms with Crippen LogP contribution in [0.5, 0.6) is 0 Å². The predicted molar refractivity (Wildman–Crippen MR) is 119 cm³/mol. The van der Waals surface area contributed by atoms with Crippen molar-refractivity contribution < 1.29 is 23.9 Å². The highest BCUT2D eigenvalue weighted by atomic mass is 16.5. The van der Waals surface area contributed by atoms with Crippen LogP contribution in [-0.4, -0.2) is 30.3 Å². The zero-order valence-electron chi connectivity index (χ0n) is 17.5. The lowest BCUT2D eigenvalue weighted by molar-refractivity contribution is -0.119. The van der Waals surface area contributed by atoms with Gasteiger partial charge in [-0.3, -0.25) is 14.4 Å². The van der Waals surface area contributed by atoms with Crippen LogP contribution in [0, 0.1) is 13.8 Å². The molecule has 0 saturated carbocycles. The van der Waals surface area contributed by atoms with Gasteiger partial charge in [0.2, 0.25) is 0 Å². The van der Waals surface area contributed by atoms with Crippen molar-refractivity contribution in [1.82, 2.24) is 0 Å². The standard InChI is InChI=1S/C25H20N2O5/c1-15-7-5-12-21(16(15)2)26-22(28)14-32-25(31)17-8-6-9-18(13-17)27-23(29)19-10-3-4-11-20(19)24(27)30/h3-13H,14H2,1-2H3,(H,26,28). The molecule has 1 heterocycles. The van der Waals surface area contributed by atoms with E-state index in [0.29, 0.717) is 16.8 Å². The van der Waals surface area contributed by atoms with Crippen LogP contribution in [0.15, 0.2) is 66.7 Å². The number of nitrogens with zero attached hydrogens (tertiary/aromatic N) is 1. The minimum atomic E-state index is -0.737. The van der Waals surface area contributed by atoms with Crippen LogP contribution < -0.4 is 10.2 Å². The number of ether oxygens (including phenoxy) is 1. The number of aryl methyl sites for hydroxylation is 1. The number of hydrogen-bond donors (Lipinski definition) is 1. The number of anilines is 2. The third-order valence-corrected chi connectivity index (χ3v) is 5.35. The first-order valence-corrected chi connectivity index (χ1v) is 9.98. The number of imide groups is 1. The average Bonchev–Trinajstić information content (AvgIpc) is 3.05. The number of benzene rings is 3. The topological polar surface area (TPSA) is 92.8 Å². The van der Waals surface area contributed by atoms with Crippen molar-refractivity contribution in [3.8, 4) is 0 Å². The van der Waals surface area contributed by atoms with E-state index in [1.807, 2.05) is 26.0 Å². The van der Waals surface area contributed by atoms with Crippen LogP contribution in [-0.2, 0) is 9.53 Å². The second-order valence-corrected chi connectivity index (χ2v) is 7.41. The number of nitrogens with one attached hydrogen (secondary N) is 1. The van der Waals surface area contributed by atoms with E-state index in [1.54, 1.807) is 42.5 Å². The molecule has 3 aromatic rings. The van der Waals surface area contributed by atoms with Gasteiger partial charge >= 0.3 is 5.97 Å². The summed E-state index contributed by atoms with van der Waals surface area (Å²) in [4.78, 5) is 51.0. The molecule has 160 valence electrons. The quantitative estimate of drug-likeness (QED) is 0.492. The van der Waals surface area contributed by atoms with Crippen LogP contribution in [0.25, 0.3) is 0 Å². The Kier molecular flexibility index (Phi) is 5.55. The van der Waals surface area contributed by atoms with Gasteiger partial charge in [-0.2, -0.15) is 0 Å². The van der Waals surface area contributed by atoms with Gasteiger partial charge < -0.3 is 10.1 Å². The molecule has 3 aromatic carbocycles. The molecule has 0 aliphatic carbocycles. The lowest BCUT2D eigenvalue weighted by Crippen LogP contribution is -2.29. The second-order valence-electron chi connectivity index (χ2n) is 7.41. The molecule has 1 aliphatic heterocycles. The highest BCUT2D eigenvalue weighted by Crippen LogP contribution is 2.28. The van der Waals surface area contributed by atoms with E-state index in [9.17, 15) is 19.2 Å². The maximum Gasteiger partial charge on any atom is 0.338 e. The number of esters is 1. The normalized spacial score (nSPS) is 12.5. The summed E-state index contributed by atoms with van der Waals surface area (Å²) < 4.78 is 5.13. The summed E-state index contributed by atoms with van der Waals surface area (Å²) in [7, 11) is 0. The van der Waals surface area contributed by atoms with Gasteiger partial charge in [-0.05, 0) is 61.4 Å². The van der Waals surface area contributed by atoms with Crippen molar-refractivity contribution in [2.24, 2.45) is 0 Å². The van der Waals surface area contributed by atoms with Crippen LogP contribution >= 0.6 is 0 Å². The fraction of sp³-hybridized carbons (Fsp3) is 0.120. The van der Waals surface area contributed by atoms with Gasteiger partial charge in [0.1, 0.15) is 0 Å². The molecule has 0 spiro atoms. The molecule has 0 saturated heterocycles. The lowest BCUT2D eigenvalue weighted by Gasteiger charge is -2.15. The summed E-state index contributed by atoms with van der Waals surface area (Å²) in [6.07, 6.45) is 0. The molecule has 32 heavy (non-hydrogen) atoms. The number of hydrogen-bond acceptors (Lipinski definition) is 5. The van der Waals surface area contributed by atoms with Crippen LogP contribution in [0.4, 0.5) is 11.4 Å². The molecule has 0 unspecified atom stereocenters. The van der Waals surface area contributed by atoms with Gasteiger partial charge in [0.15, 0.2) is 6.61 Å². The number of carbonyl (C=O) groups excluding carboxylic acids is 4. The number of carbonyl (C=O) groups is 4. The Hall–Kier alpha value is -4.26. The molecule has 7 heteroatoms. The summed E-state index contributed by atoms with van der Waals surface area (Å²) in [6.45, 7) is 3.36. The minimum Gasteiger partial charge on any atom is -0.452 e. The van der Waals surface area contributed by atoms with E-state index in [4.69, 9.17) is 4.74 Å². The fourth-order valence-corrected chi connectivity index (χ4v) is 3.48. The first kappa shape index (κ1) is 21.0. The van der Waals surface area contributed by atoms with E-state index in [1.165, 1.54) is 12.1 Å². The molecule has 7 nitrogen and oxygen atoms in total. The summed E-state index contributed by atoms with van der Waals surface area (Å²) in [5.41, 5.74) is 3.62. The van der Waals surface area contributed by atoms with Gasteiger partial charge in [0, 0.05) is 5.69 Å². The highest BCUT2D eigenvalue weighted by Gasteiger charge is 2.36. The Labute approximate surface area is 184 Å². The largest absolute Gasteiger partial charge is 0.452 e. The third-order valence-electron chi connectivity index (χ3n) is 5.35. The first-order chi connectivity index (χ1) is 15.4. The molecule has 1 aliphatic rings. The zero-order chi connectivity index (χ0) is 22.8. The van der Waals surface area contributed by atoms with Crippen molar-refractivity contribution in [1.29, 1.82) is 0 Å². The fourth-order valence-electron chi connectivity index (χ4n) is 3.48. The van der Waals surface area contributed by atoms with Crippen molar-refractivity contribution in [3.05, 3.63) is 94.5 Å². The minimum absolute atomic E-state index is 0.124. The Morgan fingerprint density at radius 2 is 1.53 bits per heavy atom. The van der Waals surface area contributed by atoms with Crippen LogP contribution in [0.2, 0.25) is 0 Å². The molecule has 0 radical (unpaired) electrons. The Bertz CT molecular complexity index is 1230. The van der Waals surface area contributed by atoms with Crippen molar-refractivity contribution >= 4 is 35.1 Å². The summed E-state index contributed by atoms with van der Waals surface area (Å²) >= 11 is 0. The SMILES string of the molecule is Cc1cccc(NC(=O)COC(=O)c2cccc(N3C(=O)c4ccccc4C3=O)c2)c1C. The van der Waals surface area contributed by atoms with E-state index in [2.05, 4.69) is 5.32 Å². The van der Waals surface area contributed by atoms with Crippen LogP contribution in [0.3, 0.4) is 0 Å². The summed E-state index contributed by atoms with van der Waals surface area (Å²) in [5.74, 6) is -2.11. The van der Waals surface area contributed by atoms with Crippen molar-refractivity contribution in [3.63, 3.8) is 0 Å². The number of amides is 3. The van der Waals surface area contributed by atoms with Gasteiger partial charge in [-0.15, -0.1) is 0 Å². The first-order valence-electron chi connectivity index (χ1n) is 9.98. The molecule has 0 atom stereocenters. The van der Waals surface area contributed by atoms with E-state index >= 15 is 0 Å². The zero-order valence-corrected chi connectivity index (χ0v) is 17.5. The van der Waals surface area contributed by atoms with Gasteiger partial charge in [0.25, 0.3) is 17.7 Å². The summed E-state index contributed by atoms with van der Waals surface area (Å²) in [6, 6.07) is 18.1. The Balaban J connectivity index is 1.44. The molecule has 1 N–H and O–H groups in total. The molecule has 3 amide bonds. The molecule has 0 fully saturated rings. The highest BCUT2D eigenvalue weighted by molar-refractivity contribution is 6.34. The van der Waals surface area contributed by atoms with Crippen molar-refractivity contribution in [2.75, 3.05) is 16.8 Å². The lowest BCUT2D eigenvalue weighted by atomic mass is 10.1. The molecule has 4 rings (SSSR count). The van der Waals surface area contributed by atoms with Crippen molar-refractivity contribution in [2.45, 2.75) is 13.8 Å². The second kappa shape index (κ2) is 8.47. The Morgan fingerprint density at radius 3 is 2.22 bits per heavy atom. The van der Waals surface area contributed by atoms with E-state index in [0.717, 1.165) is 16.0 Å². The number of fused-ring (bicyclic) bond motifs is 1. The molecular formula is C25H20N2O5. The van der Waals surface area contributed by atoms with E-state index < -0.39 is 30.3 Å². The molecule has 0 bridgehead atoms. The smallest absolute Gasteiger partial charge is 0.338 e. The molecule has 0 aromatic heterocycles. The van der Waals surface area contributed by atoms with Gasteiger partial charge in [0.05, 0.1) is 22.4 Å².